The van der Waals surface area contributed by atoms with Gasteiger partial charge in [-0.2, -0.15) is 0 Å². The lowest BCUT2D eigenvalue weighted by Gasteiger charge is -2.23. The minimum Gasteiger partial charge on any atom is -0.481 e. The van der Waals surface area contributed by atoms with Crippen LogP contribution in [0.3, 0.4) is 0 Å². The molecule has 0 aliphatic carbocycles. The lowest BCUT2D eigenvalue weighted by atomic mass is 9.79. The van der Waals surface area contributed by atoms with Gasteiger partial charge in [0.05, 0.1) is 31.2 Å². The van der Waals surface area contributed by atoms with Gasteiger partial charge in [-0.05, 0) is 35.2 Å². The fourth-order valence-electron chi connectivity index (χ4n) is 4.84. The fourth-order valence-corrected chi connectivity index (χ4v) is 5.80. The molecule has 0 unspecified atom stereocenters. The highest BCUT2D eigenvalue weighted by Crippen LogP contribution is 2.45. The zero-order chi connectivity index (χ0) is 22.4. The van der Waals surface area contributed by atoms with E-state index in [1.54, 1.807) is 5.38 Å². The first-order chi connectivity index (χ1) is 15.5. The second-order valence-corrected chi connectivity index (χ2v) is 8.96. The number of benzene rings is 2. The van der Waals surface area contributed by atoms with Gasteiger partial charge in [0.2, 0.25) is 5.91 Å². The highest BCUT2D eigenvalue weighted by Gasteiger charge is 2.55. The maximum atomic E-state index is 13.1. The van der Waals surface area contributed by atoms with Crippen LogP contribution in [0.4, 0.5) is 5.00 Å². The first-order valence-electron chi connectivity index (χ1n) is 10.4. The van der Waals surface area contributed by atoms with Crippen molar-refractivity contribution in [3.8, 4) is 11.1 Å². The molecule has 4 atom stereocenters. The Kier molecular flexibility index (Phi) is 5.19. The highest BCUT2D eigenvalue weighted by atomic mass is 32.1. The number of carbonyl (C=O) groups excluding carboxylic acids is 2. The van der Waals surface area contributed by atoms with E-state index < -0.39 is 41.9 Å². The van der Waals surface area contributed by atoms with E-state index in [9.17, 15) is 19.5 Å². The summed E-state index contributed by atoms with van der Waals surface area (Å²) in [6.07, 6.45) is 0.444. The minimum atomic E-state index is -1.03. The molecule has 2 aromatic carbocycles. The van der Waals surface area contributed by atoms with E-state index in [0.29, 0.717) is 23.4 Å². The van der Waals surface area contributed by atoms with Gasteiger partial charge in [0, 0.05) is 10.9 Å². The predicted molar refractivity (Wildman–Crippen MR) is 120 cm³/mol. The number of hydrogen-bond acceptors (Lipinski definition) is 6. The van der Waals surface area contributed by atoms with Gasteiger partial charge in [-0.3, -0.25) is 9.59 Å². The van der Waals surface area contributed by atoms with Gasteiger partial charge in [-0.15, -0.1) is 11.3 Å². The monoisotopic (exact) mass is 451 g/mol. The number of esters is 1. The molecule has 2 aliphatic heterocycles. The zero-order valence-electron chi connectivity index (χ0n) is 17.2. The number of carbonyl (C=O) groups is 3. The molecule has 8 heteroatoms. The molecule has 2 N–H and O–H groups in total. The second kappa shape index (κ2) is 8.03. The lowest BCUT2D eigenvalue weighted by Crippen LogP contribution is -2.41. The largest absolute Gasteiger partial charge is 0.481 e. The molecule has 32 heavy (non-hydrogen) atoms. The Labute approximate surface area is 188 Å². The maximum absolute atomic E-state index is 13.1. The van der Waals surface area contributed by atoms with Crippen LogP contribution in [0.1, 0.15) is 23.2 Å². The minimum absolute atomic E-state index is 0.261. The van der Waals surface area contributed by atoms with Gasteiger partial charge in [-0.1, -0.05) is 36.4 Å². The molecule has 5 rings (SSSR count). The first-order valence-corrected chi connectivity index (χ1v) is 11.2. The molecule has 0 radical (unpaired) electrons. The van der Waals surface area contributed by atoms with Crippen LogP contribution in [-0.2, 0) is 19.1 Å². The van der Waals surface area contributed by atoms with Gasteiger partial charge in [0.25, 0.3) is 0 Å². The van der Waals surface area contributed by atoms with Crippen molar-refractivity contribution in [1.82, 2.24) is 0 Å². The SMILES string of the molecule is COC(=O)c1c(-c2ccc3ccccc3c2)csc1NC(=O)[C@H]1[C@@H](C(=O)O)[C@@H]2CC[C@@H]1O2. The quantitative estimate of drug-likeness (QED) is 0.565. The van der Waals surface area contributed by atoms with Crippen molar-refractivity contribution in [2.24, 2.45) is 11.8 Å². The first kappa shape index (κ1) is 20.7. The summed E-state index contributed by atoms with van der Waals surface area (Å²) in [6.45, 7) is 0. The van der Waals surface area contributed by atoms with Crippen LogP contribution in [0.15, 0.2) is 47.8 Å². The Morgan fingerprint density at radius 2 is 1.78 bits per heavy atom. The number of methoxy groups -OCH3 is 1. The Morgan fingerprint density at radius 3 is 2.50 bits per heavy atom. The zero-order valence-corrected chi connectivity index (χ0v) is 18.1. The van der Waals surface area contributed by atoms with Crippen LogP contribution >= 0.6 is 11.3 Å². The molecule has 0 spiro atoms. The Balaban J connectivity index is 1.49. The smallest absolute Gasteiger partial charge is 0.341 e. The van der Waals surface area contributed by atoms with E-state index in [1.807, 2.05) is 42.5 Å². The number of aliphatic carboxylic acids is 1. The lowest BCUT2D eigenvalue weighted by molar-refractivity contribution is -0.147. The average Bonchev–Trinajstić information content (AvgIpc) is 3.52. The van der Waals surface area contributed by atoms with E-state index in [1.165, 1.54) is 18.4 Å². The third-order valence-electron chi connectivity index (χ3n) is 6.34. The average molecular weight is 452 g/mol. The summed E-state index contributed by atoms with van der Waals surface area (Å²) >= 11 is 1.22. The van der Waals surface area contributed by atoms with E-state index in [4.69, 9.17) is 9.47 Å². The second-order valence-electron chi connectivity index (χ2n) is 8.08. The molecule has 2 saturated heterocycles. The van der Waals surface area contributed by atoms with Crippen LogP contribution in [0.25, 0.3) is 21.9 Å². The van der Waals surface area contributed by atoms with Crippen molar-refractivity contribution in [1.29, 1.82) is 0 Å². The Hall–Kier alpha value is -3.23. The van der Waals surface area contributed by atoms with Crippen LogP contribution in [-0.4, -0.2) is 42.3 Å². The number of carboxylic acids is 1. The molecule has 2 bridgehead atoms. The molecule has 2 fully saturated rings. The molecule has 1 amide bonds. The molecule has 2 aliphatic rings. The van der Waals surface area contributed by atoms with E-state index >= 15 is 0 Å². The van der Waals surface area contributed by atoms with E-state index in [2.05, 4.69) is 5.32 Å². The van der Waals surface area contributed by atoms with Crippen molar-refractivity contribution < 1.29 is 29.0 Å². The number of ether oxygens (including phenoxy) is 2. The summed E-state index contributed by atoms with van der Waals surface area (Å²) in [6, 6.07) is 13.8. The van der Waals surface area contributed by atoms with Crippen LogP contribution < -0.4 is 5.32 Å². The molecule has 164 valence electrons. The van der Waals surface area contributed by atoms with Gasteiger partial charge in [-0.25, -0.2) is 4.79 Å². The number of fused-ring (bicyclic) bond motifs is 3. The highest BCUT2D eigenvalue weighted by molar-refractivity contribution is 7.15. The molecule has 3 heterocycles. The Bertz CT molecular complexity index is 1230. The van der Waals surface area contributed by atoms with Gasteiger partial charge < -0.3 is 19.9 Å². The number of amides is 1. The summed E-state index contributed by atoms with van der Waals surface area (Å²) < 4.78 is 10.7. The summed E-state index contributed by atoms with van der Waals surface area (Å²) in [4.78, 5) is 37.5. The van der Waals surface area contributed by atoms with E-state index in [-0.39, 0.29) is 5.56 Å². The number of nitrogens with one attached hydrogen (secondary N) is 1. The molecule has 1 aromatic heterocycles. The third-order valence-corrected chi connectivity index (χ3v) is 7.23. The third kappa shape index (κ3) is 3.36. The molecule has 0 saturated carbocycles. The fraction of sp³-hybridized carbons (Fsp3) is 0.292. The van der Waals surface area contributed by atoms with Crippen LogP contribution in [0.2, 0.25) is 0 Å². The summed E-state index contributed by atoms with van der Waals surface area (Å²) in [5, 5.41) is 16.7. The van der Waals surface area contributed by atoms with Crippen LogP contribution in [0, 0.1) is 11.8 Å². The number of rotatable bonds is 5. The van der Waals surface area contributed by atoms with Crippen molar-refractivity contribution in [2.45, 2.75) is 25.0 Å². The number of anilines is 1. The van der Waals surface area contributed by atoms with Crippen molar-refractivity contribution in [3.05, 3.63) is 53.4 Å². The standard InChI is InChI=1S/C24H21NO6S/c1-30-24(29)18-15(14-7-6-12-4-2-3-5-13(12)10-14)11-32-22(18)25-21(26)19-16-8-9-17(31-16)20(19)23(27)28/h2-7,10-11,16-17,19-20H,8-9H2,1H3,(H,25,26)(H,27,28)/t16-,17-,19+,20-/m0/s1. The molecule has 7 nitrogen and oxygen atoms in total. The number of carboxylic acid groups (broad SMARTS) is 1. The maximum Gasteiger partial charge on any atom is 0.341 e. The van der Waals surface area contributed by atoms with Gasteiger partial charge in [0.1, 0.15) is 10.6 Å². The van der Waals surface area contributed by atoms with Crippen molar-refractivity contribution in [2.75, 3.05) is 12.4 Å². The topological polar surface area (TPSA) is 102 Å². The van der Waals surface area contributed by atoms with E-state index in [0.717, 1.165) is 16.3 Å². The van der Waals surface area contributed by atoms with Crippen molar-refractivity contribution >= 4 is 45.0 Å². The molecular formula is C24H21NO6S. The summed E-state index contributed by atoms with van der Waals surface area (Å²) in [5.41, 5.74) is 1.74. The summed E-state index contributed by atoms with van der Waals surface area (Å²) in [7, 11) is 1.29. The van der Waals surface area contributed by atoms with Gasteiger partial charge >= 0.3 is 11.9 Å². The normalized spacial score (nSPS) is 23.9. The Morgan fingerprint density at radius 1 is 1.06 bits per heavy atom. The van der Waals surface area contributed by atoms with Gasteiger partial charge in [0.15, 0.2) is 0 Å². The van der Waals surface area contributed by atoms with Crippen LogP contribution in [0.5, 0.6) is 0 Å². The number of thiophene rings is 1. The molecule has 3 aromatic rings. The predicted octanol–water partition coefficient (Wildman–Crippen LogP) is 4.17. The van der Waals surface area contributed by atoms with Crippen molar-refractivity contribution in [3.63, 3.8) is 0 Å². The number of hydrogen-bond donors (Lipinski definition) is 2. The summed E-state index contributed by atoms with van der Waals surface area (Å²) in [5.74, 6) is -3.71. The molecular weight excluding hydrogens is 430 g/mol.